The fourth-order valence-electron chi connectivity index (χ4n) is 4.87. The number of alkyl halides is 1. The highest BCUT2D eigenvalue weighted by molar-refractivity contribution is 6.77. The molecule has 0 aromatic carbocycles. The Hall–Kier alpha value is -0.883. The molecule has 0 aromatic rings. The number of esters is 1. The smallest absolute Gasteiger partial charge is 0.333 e. The SMILES string of the molecule is COC(=O)/C(C)=C/C=C/[C@H](C)[C@H](CC/C(C)=C\C(CCl)O[Si](C(C)C)(C(C)C)C(C)C)OC. The molecule has 0 N–H and O–H groups in total. The maximum absolute atomic E-state index is 11.5. The Bertz CT molecular complexity index is 645. The van der Waals surface area contributed by atoms with E-state index in [1.165, 1.54) is 12.7 Å². The minimum Gasteiger partial charge on any atom is -0.466 e. The van der Waals surface area contributed by atoms with Crippen molar-refractivity contribution in [1.82, 2.24) is 0 Å². The normalized spacial score (nSPS) is 16.7. The minimum absolute atomic E-state index is 0.0599. The first-order chi connectivity index (χ1) is 15.4. The molecule has 0 aliphatic heterocycles. The van der Waals surface area contributed by atoms with Gasteiger partial charge in [-0.25, -0.2) is 4.79 Å². The molecular formula is C27H49ClO4Si. The van der Waals surface area contributed by atoms with E-state index < -0.39 is 8.32 Å². The van der Waals surface area contributed by atoms with Gasteiger partial charge in [0.2, 0.25) is 8.32 Å². The van der Waals surface area contributed by atoms with E-state index in [1.54, 1.807) is 20.1 Å². The summed E-state index contributed by atoms with van der Waals surface area (Å²) in [7, 11) is 1.16. The van der Waals surface area contributed by atoms with Gasteiger partial charge in [-0.1, -0.05) is 78.3 Å². The molecular weight excluding hydrogens is 452 g/mol. The summed E-state index contributed by atoms with van der Waals surface area (Å²) in [6, 6.07) is 0. The van der Waals surface area contributed by atoms with Crippen molar-refractivity contribution in [3.63, 3.8) is 0 Å². The van der Waals surface area contributed by atoms with Gasteiger partial charge < -0.3 is 13.9 Å². The Kier molecular flexibility index (Phi) is 15.5. The van der Waals surface area contributed by atoms with Gasteiger partial charge in [0.15, 0.2) is 0 Å². The van der Waals surface area contributed by atoms with Crippen molar-refractivity contribution in [1.29, 1.82) is 0 Å². The van der Waals surface area contributed by atoms with Gasteiger partial charge in [-0.05, 0) is 43.3 Å². The summed E-state index contributed by atoms with van der Waals surface area (Å²) in [5, 5.41) is 0. The molecule has 0 heterocycles. The lowest BCUT2D eigenvalue weighted by atomic mass is 9.97. The molecule has 0 saturated carbocycles. The summed E-state index contributed by atoms with van der Waals surface area (Å²) in [5.41, 5.74) is 3.43. The molecule has 0 aromatic heterocycles. The third-order valence-corrected chi connectivity index (χ3v) is 13.1. The summed E-state index contributed by atoms with van der Waals surface area (Å²) < 4.78 is 17.3. The Morgan fingerprint density at radius 1 is 0.970 bits per heavy atom. The van der Waals surface area contributed by atoms with Gasteiger partial charge in [-0.3, -0.25) is 0 Å². The Labute approximate surface area is 209 Å². The monoisotopic (exact) mass is 500 g/mol. The van der Waals surface area contributed by atoms with Crippen LogP contribution in [0.2, 0.25) is 16.6 Å². The van der Waals surface area contributed by atoms with Crippen LogP contribution in [0, 0.1) is 5.92 Å². The zero-order chi connectivity index (χ0) is 25.8. The molecule has 0 aliphatic rings. The topological polar surface area (TPSA) is 44.8 Å². The van der Waals surface area contributed by atoms with Crippen LogP contribution in [0.3, 0.4) is 0 Å². The lowest BCUT2D eigenvalue weighted by Crippen LogP contribution is -2.50. The van der Waals surface area contributed by atoms with Crippen LogP contribution in [-0.4, -0.2) is 46.6 Å². The van der Waals surface area contributed by atoms with Crippen LogP contribution >= 0.6 is 11.6 Å². The number of methoxy groups -OCH3 is 2. The molecule has 6 heteroatoms. The van der Waals surface area contributed by atoms with Crippen LogP contribution in [-0.2, 0) is 18.7 Å². The molecule has 0 aliphatic carbocycles. The molecule has 0 amide bonds. The standard InChI is InChI=1S/C27H49ClO4Si/c1-19(2)33(20(3)4,21(5)6)32-25(18-28)17-22(7)15-16-26(30-10)23(8)13-12-14-24(9)27(29)31-11/h12-14,17,19-21,23,25-26H,15-16,18H2,1-11H3/b13-12+,22-17-,24-14+/t23-,25?,26-/m0/s1. The van der Waals surface area contributed by atoms with E-state index in [0.717, 1.165) is 12.8 Å². The van der Waals surface area contributed by atoms with Gasteiger partial charge in [-0.15, -0.1) is 11.6 Å². The Morgan fingerprint density at radius 3 is 1.94 bits per heavy atom. The summed E-state index contributed by atoms with van der Waals surface area (Å²) in [5.74, 6) is 0.371. The maximum atomic E-state index is 11.5. The van der Waals surface area contributed by atoms with Gasteiger partial charge in [0.05, 0.1) is 25.2 Å². The number of carbonyl (C=O) groups excluding carboxylic acids is 1. The van der Waals surface area contributed by atoms with Crippen LogP contribution in [0.4, 0.5) is 0 Å². The first kappa shape index (κ1) is 32.1. The first-order valence-corrected chi connectivity index (χ1v) is 14.9. The van der Waals surface area contributed by atoms with Crippen LogP contribution in [0.1, 0.15) is 75.2 Å². The van der Waals surface area contributed by atoms with E-state index in [0.29, 0.717) is 28.1 Å². The summed E-state index contributed by atoms with van der Waals surface area (Å²) in [6.45, 7) is 19.8. The Morgan fingerprint density at radius 2 is 1.52 bits per heavy atom. The number of hydrogen-bond donors (Lipinski definition) is 0. The molecule has 0 fully saturated rings. The van der Waals surface area contributed by atoms with Gasteiger partial charge in [0.25, 0.3) is 0 Å². The molecule has 3 atom stereocenters. The third-order valence-electron chi connectivity index (χ3n) is 6.67. The molecule has 0 rings (SSSR count). The second-order valence-corrected chi connectivity index (χ2v) is 15.8. The van der Waals surface area contributed by atoms with Crippen molar-refractivity contribution in [3.05, 3.63) is 35.5 Å². The summed E-state index contributed by atoms with van der Waals surface area (Å²) >= 11 is 6.37. The highest BCUT2D eigenvalue weighted by atomic mass is 35.5. The summed E-state index contributed by atoms with van der Waals surface area (Å²) in [4.78, 5) is 11.5. The van der Waals surface area contributed by atoms with Gasteiger partial charge in [0.1, 0.15) is 0 Å². The van der Waals surface area contributed by atoms with Gasteiger partial charge in [-0.2, -0.15) is 0 Å². The van der Waals surface area contributed by atoms with Crippen LogP contribution in [0.25, 0.3) is 0 Å². The lowest BCUT2D eigenvalue weighted by molar-refractivity contribution is -0.136. The molecule has 33 heavy (non-hydrogen) atoms. The van der Waals surface area contributed by atoms with E-state index in [4.69, 9.17) is 25.5 Å². The van der Waals surface area contributed by atoms with Crippen molar-refractivity contribution >= 4 is 25.9 Å². The first-order valence-electron chi connectivity index (χ1n) is 12.2. The Balaban J connectivity index is 5.24. The minimum atomic E-state index is -1.98. The highest BCUT2D eigenvalue weighted by Gasteiger charge is 2.46. The van der Waals surface area contributed by atoms with E-state index in [1.807, 2.05) is 6.08 Å². The highest BCUT2D eigenvalue weighted by Crippen LogP contribution is 2.43. The van der Waals surface area contributed by atoms with E-state index in [2.05, 4.69) is 67.5 Å². The molecule has 0 spiro atoms. The van der Waals surface area contributed by atoms with Crippen LogP contribution in [0.15, 0.2) is 35.5 Å². The molecule has 1 unspecified atom stereocenters. The van der Waals surface area contributed by atoms with E-state index >= 15 is 0 Å². The predicted molar refractivity (Wildman–Crippen MR) is 145 cm³/mol. The van der Waals surface area contributed by atoms with Crippen molar-refractivity contribution in [3.8, 4) is 0 Å². The zero-order valence-electron chi connectivity index (χ0n) is 22.9. The molecule has 0 saturated heterocycles. The number of carbonyl (C=O) groups is 1. The quantitative estimate of drug-likeness (QED) is 0.0573. The molecule has 0 bridgehead atoms. The average molecular weight is 501 g/mol. The third kappa shape index (κ3) is 10.1. The zero-order valence-corrected chi connectivity index (χ0v) is 24.7. The molecule has 192 valence electrons. The molecule has 4 nitrogen and oxygen atoms in total. The van der Waals surface area contributed by atoms with Crippen LogP contribution in [0.5, 0.6) is 0 Å². The number of hydrogen-bond acceptors (Lipinski definition) is 4. The van der Waals surface area contributed by atoms with Gasteiger partial charge >= 0.3 is 5.97 Å². The lowest BCUT2D eigenvalue weighted by Gasteiger charge is -2.44. The fraction of sp³-hybridized carbons (Fsp3) is 0.741. The molecule has 0 radical (unpaired) electrons. The maximum Gasteiger partial charge on any atom is 0.333 e. The van der Waals surface area contributed by atoms with Gasteiger partial charge in [0, 0.05) is 18.6 Å². The fourth-order valence-corrected chi connectivity index (χ4v) is 10.6. The van der Waals surface area contributed by atoms with E-state index in [-0.39, 0.29) is 24.1 Å². The number of allylic oxidation sites excluding steroid dienone is 3. The predicted octanol–water partition coefficient (Wildman–Crippen LogP) is 7.84. The van der Waals surface area contributed by atoms with E-state index in [9.17, 15) is 4.79 Å². The largest absolute Gasteiger partial charge is 0.466 e. The number of ether oxygens (including phenoxy) is 2. The second-order valence-electron chi connectivity index (χ2n) is 10.0. The number of rotatable bonds is 15. The second kappa shape index (κ2) is 15.9. The average Bonchev–Trinajstić information content (AvgIpc) is 2.75. The van der Waals surface area contributed by atoms with Crippen molar-refractivity contribution in [2.75, 3.05) is 20.1 Å². The number of halogens is 1. The van der Waals surface area contributed by atoms with Crippen molar-refractivity contribution < 1.29 is 18.7 Å². The van der Waals surface area contributed by atoms with Crippen LogP contribution < -0.4 is 0 Å². The van der Waals surface area contributed by atoms with Crippen molar-refractivity contribution in [2.45, 2.75) is 104 Å². The summed E-state index contributed by atoms with van der Waals surface area (Å²) in [6.07, 6.45) is 9.81. The van der Waals surface area contributed by atoms with Crippen molar-refractivity contribution in [2.24, 2.45) is 5.92 Å².